The number of carbonyl (C=O) groups is 1. The van der Waals surface area contributed by atoms with Crippen LogP contribution in [0.4, 0.5) is 0 Å². The van der Waals surface area contributed by atoms with Crippen molar-refractivity contribution in [2.75, 3.05) is 14.2 Å². The van der Waals surface area contributed by atoms with Crippen LogP contribution in [-0.4, -0.2) is 28.6 Å². The van der Waals surface area contributed by atoms with Crippen LogP contribution in [0.3, 0.4) is 0 Å². The minimum atomic E-state index is -4.03. The molecule has 1 atom stereocenters. The molecule has 184 valence electrons. The first-order chi connectivity index (χ1) is 17.3. The van der Waals surface area contributed by atoms with Gasteiger partial charge in [-0.05, 0) is 64.9 Å². The van der Waals surface area contributed by atoms with Gasteiger partial charge in [0, 0.05) is 0 Å². The number of hydrogen-bond acceptors (Lipinski definition) is 6. The topological polar surface area (TPSA) is 90.9 Å². The number of fused-ring (bicyclic) bond motifs is 1. The van der Waals surface area contributed by atoms with Crippen LogP contribution in [0.2, 0.25) is 0 Å². The SMILES string of the molecule is C=C(C(=O)Oc1ccc2ccccc2c1)[C@@H](NS(=O)(=O)c1ccc(OC)cc1)c1ccc(OC)cc1. The minimum absolute atomic E-state index is 0.0116. The van der Waals surface area contributed by atoms with Crippen LogP contribution < -0.4 is 18.9 Å². The zero-order valence-corrected chi connectivity index (χ0v) is 20.6. The lowest BCUT2D eigenvalue weighted by molar-refractivity contribution is -0.130. The van der Waals surface area contributed by atoms with Crippen molar-refractivity contribution in [3.05, 3.63) is 109 Å². The van der Waals surface area contributed by atoms with E-state index in [1.54, 1.807) is 48.5 Å². The van der Waals surface area contributed by atoms with Crippen LogP contribution in [0.5, 0.6) is 17.2 Å². The number of sulfonamides is 1. The summed E-state index contributed by atoms with van der Waals surface area (Å²) in [7, 11) is -1.01. The Morgan fingerprint density at radius 1 is 0.778 bits per heavy atom. The largest absolute Gasteiger partial charge is 0.497 e. The summed E-state index contributed by atoms with van der Waals surface area (Å²) in [6, 6.07) is 24.4. The fraction of sp³-hybridized carbons (Fsp3) is 0.107. The highest BCUT2D eigenvalue weighted by Gasteiger charge is 2.28. The number of esters is 1. The first-order valence-electron chi connectivity index (χ1n) is 11.0. The molecule has 0 heterocycles. The highest BCUT2D eigenvalue weighted by molar-refractivity contribution is 7.89. The summed E-state index contributed by atoms with van der Waals surface area (Å²) in [6.45, 7) is 3.88. The van der Waals surface area contributed by atoms with Crippen molar-refractivity contribution < 1.29 is 27.4 Å². The molecule has 1 N–H and O–H groups in total. The third kappa shape index (κ3) is 5.56. The van der Waals surface area contributed by atoms with E-state index in [9.17, 15) is 13.2 Å². The van der Waals surface area contributed by atoms with E-state index in [0.29, 0.717) is 22.8 Å². The molecule has 4 aromatic rings. The predicted molar refractivity (Wildman–Crippen MR) is 138 cm³/mol. The molecule has 0 amide bonds. The third-order valence-corrected chi connectivity index (χ3v) is 7.07. The molecule has 0 fully saturated rings. The molecule has 0 saturated heterocycles. The van der Waals surface area contributed by atoms with Gasteiger partial charge < -0.3 is 14.2 Å². The minimum Gasteiger partial charge on any atom is -0.497 e. The maximum absolute atomic E-state index is 13.2. The maximum Gasteiger partial charge on any atom is 0.340 e. The molecule has 4 rings (SSSR count). The zero-order valence-electron chi connectivity index (χ0n) is 19.8. The van der Waals surface area contributed by atoms with Gasteiger partial charge in [-0.15, -0.1) is 0 Å². The first kappa shape index (κ1) is 25.0. The van der Waals surface area contributed by atoms with Crippen LogP contribution in [0, 0.1) is 0 Å². The molecule has 4 aromatic carbocycles. The molecule has 0 aliphatic heterocycles. The van der Waals surface area contributed by atoms with Gasteiger partial charge in [0.15, 0.2) is 0 Å². The van der Waals surface area contributed by atoms with Crippen molar-refractivity contribution in [1.29, 1.82) is 0 Å². The second-order valence-electron chi connectivity index (χ2n) is 7.93. The van der Waals surface area contributed by atoms with Gasteiger partial charge in [-0.1, -0.05) is 49.0 Å². The summed E-state index contributed by atoms with van der Waals surface area (Å²) in [4.78, 5) is 13.1. The molecule has 36 heavy (non-hydrogen) atoms. The molecule has 0 radical (unpaired) electrons. The summed E-state index contributed by atoms with van der Waals surface area (Å²) in [6.07, 6.45) is 0. The highest BCUT2D eigenvalue weighted by atomic mass is 32.2. The molecule has 0 saturated carbocycles. The molecule has 0 unspecified atom stereocenters. The average molecular weight is 504 g/mol. The summed E-state index contributed by atoms with van der Waals surface area (Å²) >= 11 is 0. The van der Waals surface area contributed by atoms with Crippen LogP contribution >= 0.6 is 0 Å². The van der Waals surface area contributed by atoms with E-state index >= 15 is 0 Å². The van der Waals surface area contributed by atoms with Crippen molar-refractivity contribution in [2.24, 2.45) is 0 Å². The molecule has 0 aromatic heterocycles. The van der Waals surface area contributed by atoms with Gasteiger partial charge in [-0.25, -0.2) is 13.2 Å². The number of carbonyl (C=O) groups excluding carboxylic acids is 1. The number of nitrogens with one attached hydrogen (secondary N) is 1. The Bertz CT molecular complexity index is 1500. The molecule has 0 bridgehead atoms. The van der Waals surface area contributed by atoms with E-state index in [1.807, 2.05) is 30.3 Å². The van der Waals surface area contributed by atoms with Crippen LogP contribution in [0.25, 0.3) is 10.8 Å². The van der Waals surface area contributed by atoms with Gasteiger partial charge in [0.05, 0.1) is 30.7 Å². The molecule has 0 aliphatic carbocycles. The molecular weight excluding hydrogens is 478 g/mol. The van der Waals surface area contributed by atoms with Crippen molar-refractivity contribution in [1.82, 2.24) is 4.72 Å². The fourth-order valence-electron chi connectivity index (χ4n) is 3.64. The monoisotopic (exact) mass is 503 g/mol. The standard InChI is InChI=1S/C28H25NO6S/c1-19(28(30)35-25-13-8-20-6-4-5-7-22(20)18-25)27(21-9-11-23(33-2)12-10-21)29-36(31,32)26-16-14-24(34-3)15-17-26/h4-18,27,29H,1H2,2-3H3/t27-/m1/s1. The lowest BCUT2D eigenvalue weighted by Gasteiger charge is -2.21. The normalized spacial score (nSPS) is 12.1. The van der Waals surface area contributed by atoms with E-state index in [4.69, 9.17) is 14.2 Å². The maximum atomic E-state index is 13.2. The Kier molecular flexibility index (Phi) is 7.38. The van der Waals surface area contributed by atoms with Gasteiger partial charge in [0.25, 0.3) is 0 Å². The molecule has 7 nitrogen and oxygen atoms in total. The zero-order chi connectivity index (χ0) is 25.7. The summed E-state index contributed by atoms with van der Waals surface area (Å²) in [5.74, 6) is 0.666. The van der Waals surface area contributed by atoms with Crippen LogP contribution in [0.1, 0.15) is 11.6 Å². The number of hydrogen-bond donors (Lipinski definition) is 1. The molecule has 0 spiro atoms. The number of rotatable bonds is 9. The lowest BCUT2D eigenvalue weighted by atomic mass is 10.0. The van der Waals surface area contributed by atoms with E-state index in [-0.39, 0.29) is 10.5 Å². The van der Waals surface area contributed by atoms with Crippen LogP contribution in [-0.2, 0) is 14.8 Å². The number of benzene rings is 4. The second-order valence-corrected chi connectivity index (χ2v) is 9.64. The van der Waals surface area contributed by atoms with Crippen molar-refractivity contribution in [2.45, 2.75) is 10.9 Å². The van der Waals surface area contributed by atoms with Gasteiger partial charge in [-0.2, -0.15) is 4.72 Å². The first-order valence-corrected chi connectivity index (χ1v) is 12.5. The van der Waals surface area contributed by atoms with Gasteiger partial charge in [-0.3, -0.25) is 0 Å². The smallest absolute Gasteiger partial charge is 0.340 e. The quantitative estimate of drug-likeness (QED) is 0.196. The van der Waals surface area contributed by atoms with Crippen molar-refractivity contribution in [3.8, 4) is 17.2 Å². The van der Waals surface area contributed by atoms with Crippen molar-refractivity contribution >= 4 is 26.8 Å². The van der Waals surface area contributed by atoms with E-state index in [2.05, 4.69) is 11.3 Å². The summed E-state index contributed by atoms with van der Waals surface area (Å²) in [5.41, 5.74) is 0.416. The Balaban J connectivity index is 1.63. The van der Waals surface area contributed by atoms with E-state index in [1.165, 1.54) is 26.4 Å². The fourth-order valence-corrected chi connectivity index (χ4v) is 4.86. The molecular formula is C28H25NO6S. The van der Waals surface area contributed by atoms with E-state index < -0.39 is 22.0 Å². The van der Waals surface area contributed by atoms with Gasteiger partial charge >= 0.3 is 5.97 Å². The number of ether oxygens (including phenoxy) is 3. The Morgan fingerprint density at radius 3 is 1.94 bits per heavy atom. The van der Waals surface area contributed by atoms with Crippen LogP contribution in [0.15, 0.2) is 108 Å². The summed E-state index contributed by atoms with van der Waals surface area (Å²) in [5, 5.41) is 1.90. The lowest BCUT2D eigenvalue weighted by Crippen LogP contribution is -2.33. The Morgan fingerprint density at radius 2 is 1.33 bits per heavy atom. The predicted octanol–water partition coefficient (Wildman–Crippen LogP) is 5.04. The molecule has 8 heteroatoms. The Labute approximate surface area is 210 Å². The average Bonchev–Trinajstić information content (AvgIpc) is 2.91. The Hall–Kier alpha value is -4.14. The summed E-state index contributed by atoms with van der Waals surface area (Å²) < 4.78 is 44.9. The third-order valence-electron chi connectivity index (χ3n) is 5.63. The van der Waals surface area contributed by atoms with Gasteiger partial charge in [0.2, 0.25) is 10.0 Å². The van der Waals surface area contributed by atoms with Gasteiger partial charge in [0.1, 0.15) is 17.2 Å². The highest BCUT2D eigenvalue weighted by Crippen LogP contribution is 2.28. The van der Waals surface area contributed by atoms with E-state index in [0.717, 1.165) is 10.8 Å². The number of methoxy groups -OCH3 is 2. The molecule has 0 aliphatic rings. The van der Waals surface area contributed by atoms with Crippen molar-refractivity contribution in [3.63, 3.8) is 0 Å². The second kappa shape index (κ2) is 10.6.